The van der Waals surface area contributed by atoms with E-state index in [4.69, 9.17) is 0 Å². The molecule has 2 heterocycles. The minimum absolute atomic E-state index is 0.253. The second kappa shape index (κ2) is 7.09. The zero-order chi connectivity index (χ0) is 22.7. The van der Waals surface area contributed by atoms with Crippen molar-refractivity contribution < 1.29 is 23.1 Å². The number of nitrogens with zero attached hydrogens (tertiary/aromatic N) is 3. The molecule has 1 atom stereocenters. The number of fused-ring (bicyclic) bond motifs is 2. The van der Waals surface area contributed by atoms with Crippen LogP contribution < -0.4 is 5.32 Å². The molecule has 6 nitrogen and oxygen atoms in total. The predicted molar refractivity (Wildman–Crippen MR) is 113 cm³/mol. The summed E-state index contributed by atoms with van der Waals surface area (Å²) in [6.45, 7) is 0.549. The van der Waals surface area contributed by atoms with Crippen LogP contribution in [0, 0.1) is 5.92 Å². The summed E-state index contributed by atoms with van der Waals surface area (Å²) >= 11 is 0. The van der Waals surface area contributed by atoms with E-state index >= 15 is 0 Å². The average Bonchev–Trinajstić information content (AvgIpc) is 3.41. The van der Waals surface area contributed by atoms with Crippen LogP contribution in [0.1, 0.15) is 24.0 Å². The van der Waals surface area contributed by atoms with Gasteiger partial charge >= 0.3 is 12.2 Å². The lowest BCUT2D eigenvalue weighted by molar-refractivity contribution is -0.247. The van der Waals surface area contributed by atoms with Crippen molar-refractivity contribution in [2.45, 2.75) is 24.6 Å². The van der Waals surface area contributed by atoms with Crippen molar-refractivity contribution >= 4 is 27.8 Å². The fraction of sp³-hybridized carbons (Fsp3) is 0.304. The normalized spacial score (nSPS) is 16.4. The van der Waals surface area contributed by atoms with Crippen LogP contribution in [0.25, 0.3) is 21.8 Å². The van der Waals surface area contributed by atoms with Gasteiger partial charge in [0.25, 0.3) is 0 Å². The molecule has 0 spiro atoms. The number of carbonyl (C=O) groups excluding carboxylic acids is 1. The van der Waals surface area contributed by atoms with Crippen molar-refractivity contribution in [3.05, 3.63) is 66.0 Å². The van der Waals surface area contributed by atoms with E-state index in [0.717, 1.165) is 17.5 Å². The zero-order valence-electron chi connectivity index (χ0n) is 17.2. The third kappa shape index (κ3) is 3.15. The van der Waals surface area contributed by atoms with Gasteiger partial charge in [0.1, 0.15) is 0 Å². The first-order chi connectivity index (χ1) is 15.2. The molecule has 0 saturated heterocycles. The van der Waals surface area contributed by atoms with Gasteiger partial charge in [-0.15, -0.1) is 0 Å². The lowest BCUT2D eigenvalue weighted by Gasteiger charge is -2.31. The zero-order valence-corrected chi connectivity index (χ0v) is 17.2. The summed E-state index contributed by atoms with van der Waals surface area (Å²) in [6, 6.07) is 10.0. The fourth-order valence-electron chi connectivity index (χ4n) is 4.15. The highest BCUT2D eigenvalue weighted by molar-refractivity contribution is 5.91. The number of hydrogen-bond donors (Lipinski definition) is 2. The molecule has 1 unspecified atom stereocenters. The largest absolute Gasteiger partial charge is 0.425 e. The van der Waals surface area contributed by atoms with Crippen molar-refractivity contribution in [1.82, 2.24) is 19.7 Å². The molecule has 32 heavy (non-hydrogen) atoms. The van der Waals surface area contributed by atoms with Gasteiger partial charge in [0.2, 0.25) is 5.60 Å². The monoisotopic (exact) mass is 442 g/mol. The van der Waals surface area contributed by atoms with Crippen LogP contribution in [-0.4, -0.2) is 38.2 Å². The van der Waals surface area contributed by atoms with Gasteiger partial charge in [0, 0.05) is 41.6 Å². The van der Waals surface area contributed by atoms with Crippen LogP contribution >= 0.6 is 0 Å². The maximum atomic E-state index is 14.4. The number of carbonyl (C=O) groups is 1. The molecule has 5 rings (SSSR count). The second-order valence-corrected chi connectivity index (χ2v) is 8.34. The minimum Gasteiger partial charge on any atom is -0.372 e. The van der Waals surface area contributed by atoms with Crippen molar-refractivity contribution in [1.29, 1.82) is 0 Å². The third-order valence-corrected chi connectivity index (χ3v) is 6.11. The highest BCUT2D eigenvalue weighted by Crippen LogP contribution is 2.47. The Morgan fingerprint density at radius 1 is 1.19 bits per heavy atom. The topological polar surface area (TPSA) is 72.1 Å². The molecule has 2 N–H and O–H groups in total. The Hall–Kier alpha value is -3.33. The first-order valence-corrected chi connectivity index (χ1v) is 10.3. The summed E-state index contributed by atoms with van der Waals surface area (Å²) in [4.78, 5) is 12.4. The summed E-state index contributed by atoms with van der Waals surface area (Å²) in [5.41, 5.74) is -2.89. The number of rotatable bonds is 4. The molecule has 1 amide bonds. The molecular formula is C23H21F3N4O2. The van der Waals surface area contributed by atoms with Crippen LogP contribution in [0.4, 0.5) is 18.0 Å². The predicted octanol–water partition coefficient (Wildman–Crippen LogP) is 4.29. The molecule has 1 aliphatic carbocycles. The van der Waals surface area contributed by atoms with Crippen molar-refractivity contribution in [3.63, 3.8) is 0 Å². The van der Waals surface area contributed by atoms with E-state index < -0.39 is 17.8 Å². The van der Waals surface area contributed by atoms with Gasteiger partial charge < -0.3 is 15.0 Å². The van der Waals surface area contributed by atoms with Gasteiger partial charge in [-0.1, -0.05) is 24.3 Å². The van der Waals surface area contributed by atoms with E-state index in [0.29, 0.717) is 34.3 Å². The number of alkyl halides is 3. The maximum absolute atomic E-state index is 14.4. The van der Waals surface area contributed by atoms with Gasteiger partial charge in [-0.3, -0.25) is 0 Å². The molecule has 1 aliphatic rings. The number of aliphatic hydroxyl groups is 1. The van der Waals surface area contributed by atoms with Gasteiger partial charge in [-0.25, -0.2) is 4.79 Å². The smallest absolute Gasteiger partial charge is 0.372 e. The molecule has 4 aromatic rings. The van der Waals surface area contributed by atoms with Crippen molar-refractivity contribution in [2.75, 3.05) is 6.54 Å². The number of halogens is 3. The van der Waals surface area contributed by atoms with E-state index in [1.807, 2.05) is 0 Å². The minimum atomic E-state index is -4.98. The molecular weight excluding hydrogens is 421 g/mol. The number of amides is 1. The fourth-order valence-corrected chi connectivity index (χ4v) is 4.15. The Labute approximate surface area is 181 Å². The van der Waals surface area contributed by atoms with E-state index in [9.17, 15) is 23.1 Å². The van der Waals surface area contributed by atoms with Gasteiger partial charge in [0.05, 0.1) is 11.7 Å². The van der Waals surface area contributed by atoms with Crippen LogP contribution in [0.3, 0.4) is 0 Å². The van der Waals surface area contributed by atoms with E-state index in [1.165, 1.54) is 30.6 Å². The Morgan fingerprint density at radius 3 is 2.66 bits per heavy atom. The number of hydrogen-bond acceptors (Lipinski definition) is 3. The Balaban J connectivity index is 1.61. The molecule has 1 saturated carbocycles. The van der Waals surface area contributed by atoms with Crippen LogP contribution in [0.2, 0.25) is 0 Å². The first-order valence-electron chi connectivity index (χ1n) is 10.3. The first kappa shape index (κ1) is 20.6. The Kier molecular flexibility index (Phi) is 4.56. The summed E-state index contributed by atoms with van der Waals surface area (Å²) in [5.74, 6) is 0.481. The molecule has 2 aromatic heterocycles. The number of aromatic nitrogens is 3. The summed E-state index contributed by atoms with van der Waals surface area (Å²) in [7, 11) is 1.64. The van der Waals surface area contributed by atoms with Crippen molar-refractivity contribution in [2.24, 2.45) is 13.0 Å². The lowest BCUT2D eigenvalue weighted by atomic mass is 9.85. The summed E-state index contributed by atoms with van der Waals surface area (Å²) < 4.78 is 45.8. The molecule has 0 bridgehead atoms. The molecule has 0 aliphatic heterocycles. The number of benzene rings is 2. The average molecular weight is 442 g/mol. The van der Waals surface area contributed by atoms with E-state index in [-0.39, 0.29) is 11.1 Å². The highest BCUT2D eigenvalue weighted by Gasteiger charge is 2.57. The third-order valence-electron chi connectivity index (χ3n) is 6.11. The number of para-hydroxylation sites is 1. The molecule has 166 valence electrons. The van der Waals surface area contributed by atoms with Crippen LogP contribution in [-0.2, 0) is 12.6 Å². The quantitative estimate of drug-likeness (QED) is 0.495. The number of aryl methyl sites for hydroxylation is 1. The summed E-state index contributed by atoms with van der Waals surface area (Å²) in [6.07, 6.45) is -0.198. The molecule has 0 radical (unpaired) electrons. The molecule has 1 fully saturated rings. The standard InChI is InChI=1S/C23H21F3N4O2/c1-29-13-18(17-4-2-3-5-20(17)29)22(32,23(24,25)26)16-8-9-19-15(10-16)12-28-30(19)21(31)27-11-14-6-7-14/h2-5,8-10,12-14,32H,6-7,11H2,1H3,(H,27,31). The van der Waals surface area contributed by atoms with Crippen LogP contribution in [0.5, 0.6) is 0 Å². The highest BCUT2D eigenvalue weighted by atomic mass is 19.4. The summed E-state index contributed by atoms with van der Waals surface area (Å²) in [5, 5.41) is 18.7. The molecule has 9 heteroatoms. The van der Waals surface area contributed by atoms with E-state index in [2.05, 4.69) is 10.4 Å². The lowest BCUT2D eigenvalue weighted by Crippen LogP contribution is -2.43. The van der Waals surface area contributed by atoms with Gasteiger partial charge in [0.15, 0.2) is 0 Å². The molecule has 2 aromatic carbocycles. The van der Waals surface area contributed by atoms with Crippen molar-refractivity contribution in [3.8, 4) is 0 Å². The van der Waals surface area contributed by atoms with E-state index in [1.54, 1.807) is 35.9 Å². The second-order valence-electron chi connectivity index (χ2n) is 8.34. The van der Waals surface area contributed by atoms with Crippen LogP contribution in [0.15, 0.2) is 54.9 Å². The Bertz CT molecular complexity index is 1340. The maximum Gasteiger partial charge on any atom is 0.425 e. The Morgan fingerprint density at radius 2 is 1.94 bits per heavy atom. The SMILES string of the molecule is Cn1cc(C(O)(c2ccc3c(cnn3C(=O)NCC3CC3)c2)C(F)(F)F)c2ccccc21. The van der Waals surface area contributed by atoms with Gasteiger partial charge in [-0.05, 0) is 42.5 Å². The number of nitrogens with one attached hydrogen (secondary N) is 1. The van der Waals surface area contributed by atoms with Gasteiger partial charge in [-0.2, -0.15) is 23.0 Å².